The molecule has 0 unspecified atom stereocenters. The van der Waals surface area contributed by atoms with Gasteiger partial charge < -0.3 is 0 Å². The monoisotopic (exact) mass is 235 g/mol. The number of amides is 2. The molecule has 0 saturated carbocycles. The van der Waals surface area contributed by atoms with Crippen molar-refractivity contribution in [3.8, 4) is 0 Å². The van der Waals surface area contributed by atoms with Gasteiger partial charge in [0.1, 0.15) is 0 Å². The van der Waals surface area contributed by atoms with Gasteiger partial charge in [0.2, 0.25) is 0 Å². The van der Waals surface area contributed by atoms with E-state index in [2.05, 4.69) is 0 Å². The third kappa shape index (κ3) is 1.74. The van der Waals surface area contributed by atoms with Crippen molar-refractivity contribution in [3.05, 3.63) is 47.7 Å². The lowest BCUT2D eigenvalue weighted by Crippen LogP contribution is -2.23. The molecule has 82 valence electrons. The fraction of sp³-hybridized carbons (Fsp3) is 0.167. The maximum atomic E-state index is 11.8. The first-order chi connectivity index (χ1) is 7.75. The van der Waals surface area contributed by atoms with Crippen LogP contribution in [-0.4, -0.2) is 22.6 Å². The van der Waals surface area contributed by atoms with Crippen molar-refractivity contribution in [1.29, 1.82) is 0 Å². The predicted octanol–water partition coefficient (Wildman–Crippen LogP) is 2.43. The fourth-order valence-electron chi connectivity index (χ4n) is 1.59. The van der Waals surface area contributed by atoms with Gasteiger partial charge in [-0.15, -0.1) is 11.6 Å². The van der Waals surface area contributed by atoms with E-state index in [-0.39, 0.29) is 11.8 Å². The van der Waals surface area contributed by atoms with E-state index in [1.165, 1.54) is 6.20 Å². The molecule has 0 bridgehead atoms. The largest absolute Gasteiger partial charge is 0.268 e. The summed E-state index contributed by atoms with van der Waals surface area (Å²) in [7, 11) is 0. The molecule has 2 rings (SSSR count). The maximum absolute atomic E-state index is 11.8. The van der Waals surface area contributed by atoms with Gasteiger partial charge in [-0.25, -0.2) is 4.90 Å². The van der Waals surface area contributed by atoms with Crippen molar-refractivity contribution in [1.82, 2.24) is 4.90 Å². The summed E-state index contributed by atoms with van der Waals surface area (Å²) >= 11 is 5.51. The predicted molar refractivity (Wildman–Crippen MR) is 61.4 cm³/mol. The molecule has 1 aliphatic heterocycles. The van der Waals surface area contributed by atoms with Crippen LogP contribution in [0.1, 0.15) is 27.1 Å². The minimum Gasteiger partial charge on any atom is -0.268 e. The first kappa shape index (κ1) is 10.9. The number of alkyl halides is 1. The highest BCUT2D eigenvalue weighted by atomic mass is 35.5. The van der Waals surface area contributed by atoms with Crippen molar-refractivity contribution >= 4 is 23.4 Å². The molecular formula is C12H10ClNO2. The number of imide groups is 1. The van der Waals surface area contributed by atoms with E-state index < -0.39 is 0 Å². The zero-order valence-electron chi connectivity index (χ0n) is 8.52. The molecule has 1 heterocycles. The molecular weight excluding hydrogens is 226 g/mol. The number of halogens is 1. The number of carbonyl (C=O) groups is 2. The van der Waals surface area contributed by atoms with Gasteiger partial charge in [-0.1, -0.05) is 18.2 Å². The van der Waals surface area contributed by atoms with E-state index in [1.54, 1.807) is 30.3 Å². The number of nitrogens with zero attached hydrogens (tertiary/aromatic N) is 1. The number of benzene rings is 1. The maximum Gasteiger partial charge on any atom is 0.265 e. The Morgan fingerprint density at radius 2 is 1.69 bits per heavy atom. The second-order valence-corrected chi connectivity index (χ2v) is 3.77. The van der Waals surface area contributed by atoms with Crippen LogP contribution in [0.3, 0.4) is 0 Å². The minimum absolute atomic E-state index is 0.272. The summed E-state index contributed by atoms with van der Waals surface area (Å²) in [5, 5.41) is 0. The zero-order valence-corrected chi connectivity index (χ0v) is 9.28. The molecule has 1 aromatic carbocycles. The summed E-state index contributed by atoms with van der Waals surface area (Å²) in [5.41, 5.74) is 0.922. The summed E-state index contributed by atoms with van der Waals surface area (Å²) in [6.45, 7) is 0. The zero-order chi connectivity index (χ0) is 11.5. The van der Waals surface area contributed by atoms with Crippen molar-refractivity contribution in [2.24, 2.45) is 0 Å². The molecule has 0 N–H and O–H groups in total. The molecule has 0 atom stereocenters. The van der Waals surface area contributed by atoms with Crippen LogP contribution in [0.15, 0.2) is 36.5 Å². The van der Waals surface area contributed by atoms with E-state index in [9.17, 15) is 9.59 Å². The molecule has 0 radical (unpaired) electrons. The van der Waals surface area contributed by atoms with E-state index in [1.807, 2.05) is 0 Å². The lowest BCUT2D eigenvalue weighted by Gasteiger charge is -2.06. The minimum atomic E-state index is -0.272. The summed E-state index contributed by atoms with van der Waals surface area (Å²) in [6, 6.07) is 6.81. The molecule has 3 nitrogen and oxygen atoms in total. The number of hydrogen-bond donors (Lipinski definition) is 0. The van der Waals surface area contributed by atoms with E-state index in [0.29, 0.717) is 23.4 Å². The SMILES string of the molecule is O=C1c2ccccc2C(=O)N1/C=C\CCCl. The fourth-order valence-corrected chi connectivity index (χ4v) is 1.71. The lowest BCUT2D eigenvalue weighted by molar-refractivity contribution is 0.0721. The van der Waals surface area contributed by atoms with Crippen LogP contribution in [0, 0.1) is 0 Å². The molecule has 0 saturated heterocycles. The number of allylic oxidation sites excluding steroid dienone is 1. The summed E-state index contributed by atoms with van der Waals surface area (Å²) < 4.78 is 0. The topological polar surface area (TPSA) is 37.4 Å². The highest BCUT2D eigenvalue weighted by molar-refractivity contribution is 6.22. The smallest absolute Gasteiger partial charge is 0.265 e. The summed E-state index contributed by atoms with van der Waals surface area (Å²) in [4.78, 5) is 24.8. The molecule has 0 spiro atoms. The van der Waals surface area contributed by atoms with Crippen LogP contribution >= 0.6 is 11.6 Å². The number of hydrogen-bond acceptors (Lipinski definition) is 2. The van der Waals surface area contributed by atoms with Gasteiger partial charge in [0, 0.05) is 12.1 Å². The average molecular weight is 236 g/mol. The Kier molecular flexibility index (Phi) is 3.06. The van der Waals surface area contributed by atoms with E-state index in [0.717, 1.165) is 4.90 Å². The molecule has 16 heavy (non-hydrogen) atoms. The first-order valence-corrected chi connectivity index (χ1v) is 5.48. The van der Waals surface area contributed by atoms with Crippen molar-refractivity contribution in [2.45, 2.75) is 6.42 Å². The molecule has 1 aliphatic rings. The van der Waals surface area contributed by atoms with Crippen LogP contribution < -0.4 is 0 Å². The van der Waals surface area contributed by atoms with Crippen LogP contribution in [0.25, 0.3) is 0 Å². The molecule has 0 aromatic heterocycles. The summed E-state index contributed by atoms with van der Waals surface area (Å²) in [6.07, 6.45) is 3.84. The molecule has 0 aliphatic carbocycles. The quantitative estimate of drug-likeness (QED) is 0.596. The second-order valence-electron chi connectivity index (χ2n) is 3.39. The molecule has 0 fully saturated rings. The second kappa shape index (κ2) is 4.49. The van der Waals surface area contributed by atoms with Gasteiger partial charge in [0.05, 0.1) is 11.1 Å². The van der Waals surface area contributed by atoms with E-state index >= 15 is 0 Å². The van der Waals surface area contributed by atoms with Gasteiger partial charge in [-0.2, -0.15) is 0 Å². The Balaban J connectivity index is 2.28. The first-order valence-electron chi connectivity index (χ1n) is 4.95. The van der Waals surface area contributed by atoms with Gasteiger partial charge in [-0.3, -0.25) is 9.59 Å². The van der Waals surface area contributed by atoms with Gasteiger partial charge >= 0.3 is 0 Å². The highest BCUT2D eigenvalue weighted by Crippen LogP contribution is 2.22. The van der Waals surface area contributed by atoms with Gasteiger partial charge in [0.25, 0.3) is 11.8 Å². The summed E-state index contributed by atoms with van der Waals surface area (Å²) in [5.74, 6) is -0.0718. The Labute approximate surface area is 98.3 Å². The Hall–Kier alpha value is -1.61. The van der Waals surface area contributed by atoms with Crippen LogP contribution in [0.2, 0.25) is 0 Å². The Morgan fingerprint density at radius 3 is 2.19 bits per heavy atom. The Bertz CT molecular complexity index is 433. The number of carbonyl (C=O) groups excluding carboxylic acids is 2. The van der Waals surface area contributed by atoms with Crippen LogP contribution in [0.5, 0.6) is 0 Å². The van der Waals surface area contributed by atoms with Gasteiger partial charge in [-0.05, 0) is 18.6 Å². The third-order valence-corrected chi connectivity index (χ3v) is 2.57. The number of fused-ring (bicyclic) bond motifs is 1. The number of rotatable bonds is 3. The molecule has 2 amide bonds. The van der Waals surface area contributed by atoms with Crippen molar-refractivity contribution in [3.63, 3.8) is 0 Å². The van der Waals surface area contributed by atoms with Crippen molar-refractivity contribution < 1.29 is 9.59 Å². The normalized spacial score (nSPS) is 14.9. The van der Waals surface area contributed by atoms with Gasteiger partial charge in [0.15, 0.2) is 0 Å². The lowest BCUT2D eigenvalue weighted by atomic mass is 10.1. The highest BCUT2D eigenvalue weighted by Gasteiger charge is 2.33. The van der Waals surface area contributed by atoms with Crippen LogP contribution in [0.4, 0.5) is 0 Å². The van der Waals surface area contributed by atoms with E-state index in [4.69, 9.17) is 11.6 Å². The molecule has 1 aromatic rings. The molecule has 4 heteroatoms. The van der Waals surface area contributed by atoms with Crippen LogP contribution in [-0.2, 0) is 0 Å². The average Bonchev–Trinajstić information content (AvgIpc) is 2.55. The standard InChI is InChI=1S/C12H10ClNO2/c13-7-3-4-8-14-11(15)9-5-1-2-6-10(9)12(14)16/h1-2,4-6,8H,3,7H2/b8-4-. The third-order valence-electron chi connectivity index (χ3n) is 2.36. The Morgan fingerprint density at radius 1 is 1.12 bits per heavy atom. The van der Waals surface area contributed by atoms with Crippen molar-refractivity contribution in [2.75, 3.05) is 5.88 Å².